The maximum atomic E-state index is 12.5. The van der Waals surface area contributed by atoms with Crippen molar-refractivity contribution in [1.29, 1.82) is 0 Å². The monoisotopic (exact) mass is 343 g/mol. The third-order valence-corrected chi connectivity index (χ3v) is 4.12. The second-order valence-corrected chi connectivity index (χ2v) is 5.88. The van der Waals surface area contributed by atoms with Gasteiger partial charge in [0.1, 0.15) is 5.69 Å². The summed E-state index contributed by atoms with van der Waals surface area (Å²) in [5.74, 6) is 0.230. The van der Waals surface area contributed by atoms with Crippen molar-refractivity contribution in [3.05, 3.63) is 40.3 Å². The number of rotatable bonds is 4. The Bertz CT molecular complexity index is 721. The molecule has 130 valence electrons. The molecule has 0 unspecified atom stereocenters. The third kappa shape index (κ3) is 3.99. The summed E-state index contributed by atoms with van der Waals surface area (Å²) < 4.78 is 43.4. The SMILES string of the molecule is O=c1cc(C(F)(F)F)ncn1CC1CCN(Cc2cnon2)CC1. The van der Waals surface area contributed by atoms with E-state index in [1.54, 1.807) is 6.20 Å². The van der Waals surface area contributed by atoms with Crippen molar-refractivity contribution in [3.8, 4) is 0 Å². The van der Waals surface area contributed by atoms with E-state index in [0.717, 1.165) is 38.0 Å². The van der Waals surface area contributed by atoms with Crippen LogP contribution in [0.2, 0.25) is 0 Å². The summed E-state index contributed by atoms with van der Waals surface area (Å²) in [7, 11) is 0. The molecule has 0 atom stereocenters. The minimum atomic E-state index is -4.60. The molecule has 2 aromatic heterocycles. The average molecular weight is 343 g/mol. The van der Waals surface area contributed by atoms with Gasteiger partial charge in [-0.3, -0.25) is 14.3 Å². The average Bonchev–Trinajstić information content (AvgIpc) is 3.03. The Hall–Kier alpha value is -2.23. The molecule has 10 heteroatoms. The molecule has 0 spiro atoms. The highest BCUT2D eigenvalue weighted by molar-refractivity contribution is 5.03. The first-order valence-electron chi connectivity index (χ1n) is 7.54. The van der Waals surface area contributed by atoms with Gasteiger partial charge in [-0.05, 0) is 31.8 Å². The van der Waals surface area contributed by atoms with Crippen LogP contribution in [0, 0.1) is 5.92 Å². The molecular weight excluding hydrogens is 327 g/mol. The summed E-state index contributed by atoms with van der Waals surface area (Å²) in [5.41, 5.74) is -1.06. The molecule has 0 radical (unpaired) electrons. The summed E-state index contributed by atoms with van der Waals surface area (Å²) in [6.45, 7) is 2.67. The van der Waals surface area contributed by atoms with E-state index in [1.807, 2.05) is 0 Å². The molecule has 1 aliphatic rings. The normalized spacial score (nSPS) is 17.3. The molecule has 3 heterocycles. The van der Waals surface area contributed by atoms with Gasteiger partial charge in [0.15, 0.2) is 5.69 Å². The fourth-order valence-electron chi connectivity index (χ4n) is 2.81. The highest BCUT2D eigenvalue weighted by atomic mass is 19.4. The van der Waals surface area contributed by atoms with Crippen molar-refractivity contribution >= 4 is 0 Å². The van der Waals surface area contributed by atoms with Crippen LogP contribution in [0.3, 0.4) is 0 Å². The molecule has 3 rings (SSSR count). The van der Waals surface area contributed by atoms with Gasteiger partial charge in [0, 0.05) is 19.2 Å². The zero-order chi connectivity index (χ0) is 17.2. The lowest BCUT2D eigenvalue weighted by atomic mass is 9.96. The first-order chi connectivity index (χ1) is 11.4. The van der Waals surface area contributed by atoms with Crippen LogP contribution in [0.25, 0.3) is 0 Å². The first kappa shape index (κ1) is 16.6. The Balaban J connectivity index is 1.55. The van der Waals surface area contributed by atoms with E-state index in [-0.39, 0.29) is 5.92 Å². The molecule has 0 N–H and O–H groups in total. The molecule has 0 aromatic carbocycles. The van der Waals surface area contributed by atoms with Gasteiger partial charge < -0.3 is 0 Å². The zero-order valence-electron chi connectivity index (χ0n) is 12.7. The minimum absolute atomic E-state index is 0.230. The molecule has 1 aliphatic heterocycles. The van der Waals surface area contributed by atoms with Crippen LogP contribution < -0.4 is 5.56 Å². The van der Waals surface area contributed by atoms with Crippen LogP contribution in [0.1, 0.15) is 24.2 Å². The van der Waals surface area contributed by atoms with Gasteiger partial charge >= 0.3 is 6.18 Å². The topological polar surface area (TPSA) is 77.0 Å². The number of aromatic nitrogens is 4. The molecule has 1 fully saturated rings. The van der Waals surface area contributed by atoms with Crippen LogP contribution in [0.15, 0.2) is 28.0 Å². The highest BCUT2D eigenvalue weighted by Gasteiger charge is 2.33. The number of alkyl halides is 3. The standard InChI is InChI=1S/C14H16F3N5O2/c15-14(16,17)12-5-13(23)22(9-18-12)7-10-1-3-21(4-2-10)8-11-6-19-24-20-11/h5-6,9-10H,1-4,7-8H2. The van der Waals surface area contributed by atoms with Crippen LogP contribution in [0.4, 0.5) is 13.2 Å². The number of hydrogen-bond donors (Lipinski definition) is 0. The summed E-state index contributed by atoms with van der Waals surface area (Å²) in [5, 5.41) is 7.32. The van der Waals surface area contributed by atoms with E-state index in [4.69, 9.17) is 0 Å². The summed E-state index contributed by atoms with van der Waals surface area (Å²) in [6, 6.07) is 0.548. The van der Waals surface area contributed by atoms with E-state index in [1.165, 1.54) is 4.57 Å². The van der Waals surface area contributed by atoms with Crippen LogP contribution in [0.5, 0.6) is 0 Å². The molecule has 24 heavy (non-hydrogen) atoms. The summed E-state index contributed by atoms with van der Waals surface area (Å²) in [4.78, 5) is 17.4. The predicted molar refractivity (Wildman–Crippen MR) is 75.8 cm³/mol. The van der Waals surface area contributed by atoms with Gasteiger partial charge in [-0.15, -0.1) is 0 Å². The second kappa shape index (κ2) is 6.71. The highest BCUT2D eigenvalue weighted by Crippen LogP contribution is 2.26. The van der Waals surface area contributed by atoms with E-state index in [9.17, 15) is 18.0 Å². The summed E-state index contributed by atoms with van der Waals surface area (Å²) >= 11 is 0. The van der Waals surface area contributed by atoms with Crippen molar-refractivity contribution in [1.82, 2.24) is 24.8 Å². The van der Waals surface area contributed by atoms with Gasteiger partial charge in [0.25, 0.3) is 5.56 Å². The molecule has 0 amide bonds. The lowest BCUT2D eigenvalue weighted by Crippen LogP contribution is -2.36. The molecule has 7 nitrogen and oxygen atoms in total. The lowest BCUT2D eigenvalue weighted by molar-refractivity contribution is -0.141. The van der Waals surface area contributed by atoms with E-state index >= 15 is 0 Å². The van der Waals surface area contributed by atoms with Crippen LogP contribution in [-0.2, 0) is 19.3 Å². The molecule has 0 saturated carbocycles. The third-order valence-electron chi connectivity index (χ3n) is 4.12. The van der Waals surface area contributed by atoms with Gasteiger partial charge in [0.2, 0.25) is 0 Å². The summed E-state index contributed by atoms with van der Waals surface area (Å²) in [6.07, 6.45) is -0.352. The van der Waals surface area contributed by atoms with E-state index < -0.39 is 17.4 Å². The van der Waals surface area contributed by atoms with Gasteiger partial charge in [-0.2, -0.15) is 13.2 Å². The number of nitrogens with zero attached hydrogens (tertiary/aromatic N) is 5. The number of halogens is 3. The molecule has 0 bridgehead atoms. The first-order valence-corrected chi connectivity index (χ1v) is 7.54. The maximum absolute atomic E-state index is 12.5. The Morgan fingerprint density at radius 3 is 2.62 bits per heavy atom. The molecule has 1 saturated heterocycles. The molecular formula is C14H16F3N5O2. The van der Waals surface area contributed by atoms with Crippen LogP contribution >= 0.6 is 0 Å². The second-order valence-electron chi connectivity index (χ2n) is 5.88. The van der Waals surface area contributed by atoms with Crippen molar-refractivity contribution in [3.63, 3.8) is 0 Å². The Kier molecular flexibility index (Phi) is 4.65. The number of hydrogen-bond acceptors (Lipinski definition) is 6. The van der Waals surface area contributed by atoms with E-state index in [2.05, 4.69) is 24.8 Å². The van der Waals surface area contributed by atoms with E-state index in [0.29, 0.717) is 19.2 Å². The van der Waals surface area contributed by atoms with Crippen molar-refractivity contribution < 1.29 is 17.8 Å². The van der Waals surface area contributed by atoms with Crippen molar-refractivity contribution in [2.24, 2.45) is 5.92 Å². The molecule has 2 aromatic rings. The molecule has 0 aliphatic carbocycles. The Morgan fingerprint density at radius 1 is 1.29 bits per heavy atom. The lowest BCUT2D eigenvalue weighted by Gasteiger charge is -2.31. The number of likely N-dealkylation sites (tertiary alicyclic amines) is 1. The zero-order valence-corrected chi connectivity index (χ0v) is 12.7. The van der Waals surface area contributed by atoms with Crippen LogP contribution in [-0.4, -0.2) is 37.9 Å². The number of piperidine rings is 1. The van der Waals surface area contributed by atoms with Crippen molar-refractivity contribution in [2.45, 2.75) is 32.1 Å². The smallest absolute Gasteiger partial charge is 0.299 e. The fraction of sp³-hybridized carbons (Fsp3) is 0.571. The maximum Gasteiger partial charge on any atom is 0.433 e. The minimum Gasteiger partial charge on any atom is -0.299 e. The quantitative estimate of drug-likeness (QED) is 0.838. The largest absolute Gasteiger partial charge is 0.433 e. The fourth-order valence-corrected chi connectivity index (χ4v) is 2.81. The van der Waals surface area contributed by atoms with Gasteiger partial charge in [0.05, 0.1) is 12.5 Å². The van der Waals surface area contributed by atoms with Crippen molar-refractivity contribution in [2.75, 3.05) is 13.1 Å². The Morgan fingerprint density at radius 2 is 2.04 bits per heavy atom. The predicted octanol–water partition coefficient (Wildman–Crippen LogP) is 1.56. The Labute approximate surface area is 135 Å². The van der Waals surface area contributed by atoms with Gasteiger partial charge in [-0.25, -0.2) is 9.61 Å². The van der Waals surface area contributed by atoms with Gasteiger partial charge in [-0.1, -0.05) is 10.3 Å².